The van der Waals surface area contributed by atoms with Crippen LogP contribution < -0.4 is 38.5 Å². The smallest absolute Gasteiger partial charge is 0.471 e. The number of aromatic carboxylic acids is 1. The largest absolute Gasteiger partial charge is 0.478 e. The third-order valence-corrected chi connectivity index (χ3v) is 21.0. The van der Waals surface area contributed by atoms with Crippen LogP contribution in [0.5, 0.6) is 0 Å². The molecular formula is C86H77ClF14I3N15O15. The molecule has 2 fully saturated rings. The zero-order valence-electron chi connectivity index (χ0n) is 71.7. The van der Waals surface area contributed by atoms with Crippen molar-refractivity contribution < 1.29 is 133 Å². The molecule has 8 aromatic carbocycles. The highest BCUT2D eigenvalue weighted by Crippen LogP contribution is 2.42. The van der Waals surface area contributed by atoms with E-state index in [0.29, 0.717) is 80.7 Å². The van der Waals surface area contributed by atoms with Crippen LogP contribution in [0.1, 0.15) is 119 Å². The number of nitrogens with zero attached hydrogens (tertiary/aromatic N) is 9. The molecule has 0 saturated carbocycles. The molecule has 6 heterocycles. The summed E-state index contributed by atoms with van der Waals surface area (Å²) in [5, 5.41) is 22.1. The third-order valence-electron chi connectivity index (χ3n) is 18.8. The number of nitrogen functional groups attached to an aromatic ring is 4. The molecule has 2 saturated heterocycles. The lowest BCUT2D eigenvalue weighted by atomic mass is 10.00. The molecular weight excluding hydrogens is 2170 g/mol. The number of carboxylic acids is 1. The number of aromatic nitrogens is 6. The first-order valence-corrected chi connectivity index (χ1v) is 41.8. The fraction of sp³-hybridized carbons (Fsp3) is 0.233. The van der Waals surface area contributed by atoms with Gasteiger partial charge in [0.25, 0.3) is 23.6 Å². The molecule has 4 amide bonds. The topological polar surface area (TPSA) is 435 Å². The molecule has 11 N–H and O–H groups in total. The van der Waals surface area contributed by atoms with Crippen LogP contribution in [0.4, 0.5) is 101 Å². The minimum Gasteiger partial charge on any atom is -0.478 e. The Morgan fingerprint density at radius 3 is 1.22 bits per heavy atom. The molecule has 134 heavy (non-hydrogen) atoms. The van der Waals surface area contributed by atoms with Crippen LogP contribution in [0, 0.1) is 84.9 Å². The number of Topliss-reactive ketones (excluding diaryl/α,β-unsaturated/α-hetero) is 3. The lowest BCUT2D eigenvalue weighted by Crippen LogP contribution is -2.45. The maximum Gasteiger partial charge on any atom is 0.471 e. The first kappa shape index (κ1) is 109. The van der Waals surface area contributed by atoms with E-state index in [9.17, 15) is 99.8 Å². The number of ether oxygens (including phenoxy) is 2. The summed E-state index contributed by atoms with van der Waals surface area (Å²) in [5.41, 5.74) is 22.1. The Morgan fingerprint density at radius 2 is 0.821 bits per heavy atom. The predicted molar refractivity (Wildman–Crippen MR) is 489 cm³/mol. The number of hydrogen-bond acceptors (Lipinski definition) is 25. The summed E-state index contributed by atoms with van der Waals surface area (Å²) in [7, 11) is 5.09. The summed E-state index contributed by atoms with van der Waals surface area (Å²) >= 11 is 12.3. The first-order chi connectivity index (χ1) is 62.7. The number of rotatable bonds is 13. The zero-order valence-corrected chi connectivity index (χ0v) is 78.9. The van der Waals surface area contributed by atoms with E-state index in [1.54, 1.807) is 19.9 Å². The Bertz CT molecular complexity index is 6340. The number of para-hydroxylation sites is 5. The molecule has 0 bridgehead atoms. The molecule has 0 aliphatic carbocycles. The van der Waals surface area contributed by atoms with E-state index in [4.69, 9.17) is 63.1 Å². The van der Waals surface area contributed by atoms with E-state index in [2.05, 4.69) is 85.0 Å². The fourth-order valence-electron chi connectivity index (χ4n) is 12.0. The van der Waals surface area contributed by atoms with E-state index >= 15 is 0 Å². The number of hydroxylamine groups is 4. The number of nitrogens with two attached hydrogens (primary N) is 4. The number of ketones is 3. The number of nitrogens with one attached hydrogen (secondary N) is 2. The molecule has 14 rings (SSSR count). The number of amides is 4. The van der Waals surface area contributed by atoms with Crippen molar-refractivity contribution >= 4 is 188 Å². The molecule has 2 aliphatic rings. The second kappa shape index (κ2) is 47.5. The van der Waals surface area contributed by atoms with Gasteiger partial charge >= 0.3 is 30.1 Å². The highest BCUT2D eigenvalue weighted by atomic mass is 127. The number of fused-ring (bicyclic) bond motifs is 2. The van der Waals surface area contributed by atoms with Gasteiger partial charge in [0, 0.05) is 78.2 Å². The average molecular weight is 2240 g/mol. The lowest BCUT2D eigenvalue weighted by Gasteiger charge is -2.38. The number of aryl methyl sites for hydroxylation is 4. The zero-order chi connectivity index (χ0) is 100. The summed E-state index contributed by atoms with van der Waals surface area (Å²) < 4.78 is 204. The van der Waals surface area contributed by atoms with Crippen molar-refractivity contribution in [3.63, 3.8) is 0 Å². The quantitative estimate of drug-likeness (QED) is 0.0141. The van der Waals surface area contributed by atoms with Crippen LogP contribution in [0.25, 0.3) is 44.7 Å². The van der Waals surface area contributed by atoms with Gasteiger partial charge in [-0.2, -0.15) is 36.3 Å². The Hall–Kier alpha value is -12.4. The molecule has 4 aromatic heterocycles. The second-order valence-corrected chi connectivity index (χ2v) is 32.0. The fourth-order valence-corrected chi connectivity index (χ4v) is 14.1. The highest BCUT2D eigenvalue weighted by molar-refractivity contribution is 14.1. The van der Waals surface area contributed by atoms with Gasteiger partial charge in [-0.15, -0.1) is 0 Å². The van der Waals surface area contributed by atoms with Crippen molar-refractivity contribution in [2.45, 2.75) is 79.4 Å². The number of pyridine rings is 2. The normalized spacial score (nSPS) is 12.3. The number of carboxylic acid groups (broad SMARTS) is 1. The molecule has 1 spiro atoms. The third kappa shape index (κ3) is 28.1. The van der Waals surface area contributed by atoms with E-state index in [1.165, 1.54) is 112 Å². The van der Waals surface area contributed by atoms with Crippen molar-refractivity contribution in [2.75, 3.05) is 93.1 Å². The molecule has 30 nitrogen and oxygen atoms in total. The number of carbonyl (C=O) groups is 8. The van der Waals surface area contributed by atoms with Crippen LogP contribution in [-0.2, 0) is 28.7 Å². The van der Waals surface area contributed by atoms with Crippen molar-refractivity contribution in [3.05, 3.63) is 246 Å². The van der Waals surface area contributed by atoms with Gasteiger partial charge in [0.2, 0.25) is 0 Å². The van der Waals surface area contributed by atoms with Gasteiger partial charge in [-0.25, -0.2) is 60.0 Å². The minimum atomic E-state index is -5.20. The van der Waals surface area contributed by atoms with Crippen molar-refractivity contribution in [2.24, 2.45) is 0 Å². The number of anilines is 7. The first-order valence-electron chi connectivity index (χ1n) is 38.2. The summed E-state index contributed by atoms with van der Waals surface area (Å²) in [6.07, 6.45) is -8.89. The molecule has 0 unspecified atom stereocenters. The summed E-state index contributed by atoms with van der Waals surface area (Å²) in [6.45, 7) is 13.7. The summed E-state index contributed by atoms with van der Waals surface area (Å²) in [4.78, 5) is 117. The van der Waals surface area contributed by atoms with Crippen LogP contribution in [0.2, 0.25) is 5.15 Å². The highest BCUT2D eigenvalue weighted by Gasteiger charge is 2.43. The SMILES string of the molecule is CC(=O)c1cc(I)cc(F)c1N.CC(=O)c1cccc(F)c1N.CC(=O)c1cccc(F)c1NC(=O)C(F)(F)F.CON(C)C(=O)c1cccc(F)c1N.CON(C)C(=O)c1cccc(F)c1NC(=O)C(F)(F)F.Cc1noc(-c2c(Cl)nc3c(F)cc(I)cc3c2C)n1.Cc1noc(-c2c(N3CCC4(CC3)OCCO4)nc3c(F)cc(I)cc3c2C)n1.Nc1c(F)cccc1C(=O)O. The van der Waals surface area contributed by atoms with Gasteiger partial charge in [0.1, 0.15) is 56.9 Å². The average Bonchev–Trinajstić information content (AvgIpc) is 1.20. The number of halogens is 18. The number of hydrogen-bond donors (Lipinski definition) is 7. The Labute approximate surface area is 797 Å². The molecule has 12 aromatic rings. The van der Waals surface area contributed by atoms with Gasteiger partial charge in [-0.05, 0) is 224 Å². The Kier molecular flexibility index (Phi) is 38.5. The van der Waals surface area contributed by atoms with Crippen LogP contribution in [-0.4, -0.2) is 165 Å². The standard InChI is InChI=1S/C20H20FIN4O3.C13H8ClFIN3O.C11H10F4N2O3.C10H7F4NO2.C9H11FN2O2.C8H7FINO.C8H8FNO.C7H6FNO2/c1-11-14-9-13(22)10-15(21)17(14)24-18(16(11)19-23-12(2)25-29-19)26-5-3-20(4-6-26)27-7-8-28-20;1-5-8-3-7(16)4-9(15)11(8)18-12(14)10(5)13-17-6(2)19-20-13;1-17(20-2)9(18)6-4-3-5-7(12)8(6)16-10(19)11(13,14)15;1-5(16)6-3-2-4-7(11)8(6)15-9(17)10(12,13)14;1-12(14-2)9(13)6-4-3-5-7(10)8(6)11;1-4(12)6-2-5(10)3-7(9)8(6)11;1-5(11)6-3-2-4-7(9)8(6)10;8-5-3-1-2-4(6(5)9)7(10)11/h9-10H,3-8H2,1-2H3;3-4H,1-2H3;3-5H,1-2H3,(H,16,19);2-4H,1H3,(H,15,17);3-5H,11H2,1-2H3;2-3H,11H2,1H3;2-4H,10H2,1H3;1-3H,9H2,(H,10,11). The van der Waals surface area contributed by atoms with E-state index < -0.39 is 111 Å². The number of alkyl halides is 6. The Morgan fingerprint density at radius 1 is 0.470 bits per heavy atom. The molecule has 48 heteroatoms. The van der Waals surface area contributed by atoms with Crippen molar-refractivity contribution in [1.82, 2.24) is 40.4 Å². The minimum absolute atomic E-state index is 0.0667. The molecule has 712 valence electrons. The van der Waals surface area contributed by atoms with Crippen LogP contribution >= 0.6 is 79.4 Å². The number of piperidine rings is 1. The molecule has 0 radical (unpaired) electrons. The maximum atomic E-state index is 14.8. The second-order valence-electron chi connectivity index (χ2n) is 27.9. The molecule has 2 aliphatic heterocycles. The predicted octanol–water partition coefficient (Wildman–Crippen LogP) is 18.7. The Balaban J connectivity index is 0.000000214. The lowest BCUT2D eigenvalue weighted by molar-refractivity contribution is -0.169. The summed E-state index contributed by atoms with van der Waals surface area (Å²) in [5.74, 6) is -11.9. The van der Waals surface area contributed by atoms with Crippen molar-refractivity contribution in [1.29, 1.82) is 0 Å². The van der Waals surface area contributed by atoms with Crippen molar-refractivity contribution in [3.8, 4) is 22.9 Å². The maximum absolute atomic E-state index is 14.8. The van der Waals surface area contributed by atoms with E-state index in [0.717, 1.165) is 104 Å². The van der Waals surface area contributed by atoms with Gasteiger partial charge in [0.15, 0.2) is 46.4 Å². The van der Waals surface area contributed by atoms with Crippen LogP contribution in [0.3, 0.4) is 0 Å². The molecule has 0 atom stereocenters. The monoisotopic (exact) mass is 2240 g/mol. The van der Waals surface area contributed by atoms with Gasteiger partial charge in [0.05, 0.1) is 89.4 Å². The summed E-state index contributed by atoms with van der Waals surface area (Å²) in [6, 6.07) is 27.6. The van der Waals surface area contributed by atoms with E-state index in [1.807, 2.05) is 48.6 Å². The van der Waals surface area contributed by atoms with E-state index in [-0.39, 0.29) is 78.6 Å². The van der Waals surface area contributed by atoms with Gasteiger partial charge in [-0.1, -0.05) is 52.2 Å². The number of benzene rings is 8. The number of carbonyl (C=O) groups excluding carboxylic acids is 7. The van der Waals surface area contributed by atoms with Gasteiger partial charge < -0.3 is 62.1 Å². The van der Waals surface area contributed by atoms with Crippen LogP contribution in [0.15, 0.2) is 136 Å². The van der Waals surface area contributed by atoms with Gasteiger partial charge in [-0.3, -0.25) is 43.2 Å².